The molecule has 0 saturated heterocycles. The van der Waals surface area contributed by atoms with Crippen LogP contribution >= 0.6 is 0 Å². The molecule has 0 saturated carbocycles. The summed E-state index contributed by atoms with van der Waals surface area (Å²) in [6, 6.07) is -3.95. The van der Waals surface area contributed by atoms with Crippen LogP contribution in [0.25, 0.3) is 0 Å². The van der Waals surface area contributed by atoms with Crippen LogP contribution in [0.1, 0.15) is 56.4 Å². The first-order chi connectivity index (χ1) is 13.1. The number of rotatable bonds is 12. The monoisotopic (exact) mass is 403 g/mol. The number of aliphatic hydroxyl groups excluding tert-OH is 2. The first-order valence-electron chi connectivity index (χ1n) is 8.86. The lowest BCUT2D eigenvalue weighted by molar-refractivity contribution is -0.141. The summed E-state index contributed by atoms with van der Waals surface area (Å²) >= 11 is 0. The number of amides is 2. The Labute approximate surface area is 161 Å². The van der Waals surface area contributed by atoms with Crippen LogP contribution in [0, 0.1) is 0 Å². The van der Waals surface area contributed by atoms with Gasteiger partial charge < -0.3 is 47.7 Å². The van der Waals surface area contributed by atoms with E-state index in [0.717, 1.165) is 12.8 Å². The van der Waals surface area contributed by atoms with Crippen LogP contribution in [0.3, 0.4) is 0 Å². The fourth-order valence-corrected chi connectivity index (χ4v) is 2.37. The standard InChI is InChI=1S/C15H29N7O6/c1-7(23)11(14(25)26)20-15(27)19-9(6-10(18)24)13-21-12(22-28-13)8(17)4-2-3-5-16/h7-11,23-24H,2-6,16-18H2,1H3,(H,25,26)(H2,19,20,27)/t7?,8-,9-,10?,11-/m0/s1. The molecule has 0 radical (unpaired) electrons. The molecular formula is C15H29N7O6. The van der Waals surface area contributed by atoms with Crippen molar-refractivity contribution >= 4 is 12.0 Å². The van der Waals surface area contributed by atoms with Gasteiger partial charge in [-0.1, -0.05) is 11.6 Å². The lowest BCUT2D eigenvalue weighted by atomic mass is 10.1. The van der Waals surface area contributed by atoms with E-state index in [1.807, 2.05) is 0 Å². The average Bonchev–Trinajstić information content (AvgIpc) is 3.08. The summed E-state index contributed by atoms with van der Waals surface area (Å²) in [6.45, 7) is 1.76. The first kappa shape index (κ1) is 23.7. The van der Waals surface area contributed by atoms with Gasteiger partial charge >= 0.3 is 12.0 Å². The number of aromatic nitrogens is 2. The number of carbonyl (C=O) groups is 2. The molecule has 2 amide bonds. The van der Waals surface area contributed by atoms with Crippen LogP contribution in [0.4, 0.5) is 4.79 Å². The summed E-state index contributed by atoms with van der Waals surface area (Å²) in [5.74, 6) is -1.24. The highest BCUT2D eigenvalue weighted by Crippen LogP contribution is 2.19. The second kappa shape index (κ2) is 11.5. The molecule has 2 unspecified atom stereocenters. The first-order valence-corrected chi connectivity index (χ1v) is 8.86. The molecule has 0 aliphatic rings. The van der Waals surface area contributed by atoms with Crippen molar-refractivity contribution in [1.29, 1.82) is 0 Å². The minimum atomic E-state index is -1.53. The molecule has 0 aliphatic heterocycles. The Bertz CT molecular complexity index is 624. The van der Waals surface area contributed by atoms with E-state index in [4.69, 9.17) is 26.8 Å². The molecule has 0 aliphatic carbocycles. The van der Waals surface area contributed by atoms with Crippen molar-refractivity contribution in [3.63, 3.8) is 0 Å². The Morgan fingerprint density at radius 2 is 1.89 bits per heavy atom. The zero-order valence-electron chi connectivity index (χ0n) is 15.6. The Morgan fingerprint density at radius 1 is 1.21 bits per heavy atom. The van der Waals surface area contributed by atoms with E-state index in [9.17, 15) is 19.8 Å². The van der Waals surface area contributed by atoms with E-state index in [0.29, 0.717) is 13.0 Å². The Balaban J connectivity index is 2.82. The largest absolute Gasteiger partial charge is 0.480 e. The van der Waals surface area contributed by atoms with Crippen LogP contribution in [0.2, 0.25) is 0 Å². The highest BCUT2D eigenvalue weighted by molar-refractivity contribution is 5.83. The number of aliphatic hydroxyl groups is 2. The molecule has 28 heavy (non-hydrogen) atoms. The number of unbranched alkanes of at least 4 members (excludes halogenated alkanes) is 1. The van der Waals surface area contributed by atoms with Crippen molar-refractivity contribution in [2.24, 2.45) is 17.2 Å². The molecule has 13 nitrogen and oxygen atoms in total. The van der Waals surface area contributed by atoms with Crippen molar-refractivity contribution in [3.8, 4) is 0 Å². The molecule has 1 heterocycles. The minimum Gasteiger partial charge on any atom is -0.480 e. The fraction of sp³-hybridized carbons (Fsp3) is 0.733. The summed E-state index contributed by atoms with van der Waals surface area (Å²) in [5.41, 5.74) is 16.8. The van der Waals surface area contributed by atoms with Crippen molar-refractivity contribution < 1.29 is 29.4 Å². The number of carboxylic acid groups (broad SMARTS) is 1. The highest BCUT2D eigenvalue weighted by Gasteiger charge is 2.29. The zero-order valence-corrected chi connectivity index (χ0v) is 15.6. The lowest BCUT2D eigenvalue weighted by Crippen LogP contribution is -2.52. The number of nitrogens with zero attached hydrogens (tertiary/aromatic N) is 2. The molecule has 13 heteroatoms. The molecule has 160 valence electrons. The van der Waals surface area contributed by atoms with E-state index < -0.39 is 42.5 Å². The maximum absolute atomic E-state index is 12.1. The number of nitrogens with one attached hydrogen (secondary N) is 2. The number of urea groups is 1. The van der Waals surface area contributed by atoms with Gasteiger partial charge in [-0.25, -0.2) is 9.59 Å². The summed E-state index contributed by atoms with van der Waals surface area (Å²) in [5, 5.41) is 36.2. The van der Waals surface area contributed by atoms with E-state index in [2.05, 4.69) is 20.8 Å². The SMILES string of the molecule is CC(O)[C@H](NC(=O)N[C@@H](CC(N)O)c1nc([C@@H](N)CCCCN)no1)C(=O)O. The smallest absolute Gasteiger partial charge is 0.328 e. The van der Waals surface area contributed by atoms with Crippen LogP contribution in [-0.4, -0.2) is 62.4 Å². The van der Waals surface area contributed by atoms with E-state index in [-0.39, 0.29) is 18.1 Å². The maximum Gasteiger partial charge on any atom is 0.328 e. The molecule has 0 spiro atoms. The van der Waals surface area contributed by atoms with Gasteiger partial charge in [0.2, 0.25) is 5.89 Å². The average molecular weight is 403 g/mol. The number of hydrogen-bond acceptors (Lipinski definition) is 10. The third-order valence-corrected chi connectivity index (χ3v) is 3.87. The quantitative estimate of drug-likeness (QED) is 0.141. The van der Waals surface area contributed by atoms with Gasteiger partial charge in [0.1, 0.15) is 12.3 Å². The third kappa shape index (κ3) is 7.74. The van der Waals surface area contributed by atoms with Gasteiger partial charge in [-0.05, 0) is 26.3 Å². The topological polar surface area (TPSA) is 236 Å². The van der Waals surface area contributed by atoms with Crippen LogP contribution in [0.5, 0.6) is 0 Å². The number of aliphatic carboxylic acids is 1. The molecule has 0 bridgehead atoms. The molecule has 5 atom stereocenters. The molecule has 1 aromatic rings. The van der Waals surface area contributed by atoms with E-state index in [1.54, 1.807) is 0 Å². The maximum atomic E-state index is 12.1. The highest BCUT2D eigenvalue weighted by atomic mass is 16.5. The van der Waals surface area contributed by atoms with Gasteiger partial charge in [-0.15, -0.1) is 0 Å². The lowest BCUT2D eigenvalue weighted by Gasteiger charge is -2.21. The summed E-state index contributed by atoms with van der Waals surface area (Å²) < 4.78 is 5.12. The van der Waals surface area contributed by atoms with Crippen molar-refractivity contribution in [2.45, 2.75) is 63.1 Å². The van der Waals surface area contributed by atoms with Gasteiger partial charge in [-0.2, -0.15) is 4.98 Å². The molecule has 1 aromatic heterocycles. The van der Waals surface area contributed by atoms with Crippen molar-refractivity contribution in [1.82, 2.24) is 20.8 Å². The number of nitrogens with two attached hydrogens (primary N) is 3. The third-order valence-electron chi connectivity index (χ3n) is 3.87. The summed E-state index contributed by atoms with van der Waals surface area (Å²) in [4.78, 5) is 27.3. The Kier molecular flexibility index (Phi) is 9.75. The van der Waals surface area contributed by atoms with Gasteiger partial charge in [0.15, 0.2) is 11.9 Å². The second-order valence-corrected chi connectivity index (χ2v) is 6.41. The van der Waals surface area contributed by atoms with E-state index in [1.165, 1.54) is 6.92 Å². The number of carboxylic acids is 1. The van der Waals surface area contributed by atoms with Crippen molar-refractivity contribution in [2.75, 3.05) is 6.54 Å². The predicted molar refractivity (Wildman–Crippen MR) is 96.5 cm³/mol. The Hall–Kier alpha value is -2.32. The second-order valence-electron chi connectivity index (χ2n) is 6.41. The van der Waals surface area contributed by atoms with Gasteiger partial charge in [0.05, 0.1) is 12.1 Å². The fourth-order valence-electron chi connectivity index (χ4n) is 2.37. The summed E-state index contributed by atoms with van der Waals surface area (Å²) in [6.07, 6.45) is -0.652. The normalized spacial score (nSPS) is 16.6. The minimum absolute atomic E-state index is 0.0483. The van der Waals surface area contributed by atoms with E-state index >= 15 is 0 Å². The van der Waals surface area contributed by atoms with Crippen LogP contribution < -0.4 is 27.8 Å². The van der Waals surface area contributed by atoms with Gasteiger partial charge in [0, 0.05) is 6.42 Å². The van der Waals surface area contributed by atoms with Crippen molar-refractivity contribution in [3.05, 3.63) is 11.7 Å². The van der Waals surface area contributed by atoms with Crippen LogP contribution in [-0.2, 0) is 4.79 Å². The number of hydrogen-bond donors (Lipinski definition) is 8. The molecular weight excluding hydrogens is 374 g/mol. The van der Waals surface area contributed by atoms with Crippen LogP contribution in [0.15, 0.2) is 4.52 Å². The summed E-state index contributed by atoms with van der Waals surface area (Å²) in [7, 11) is 0. The molecule has 11 N–H and O–H groups in total. The molecule has 1 rings (SSSR count). The predicted octanol–water partition coefficient (Wildman–Crippen LogP) is -1.96. The van der Waals surface area contributed by atoms with Gasteiger partial charge in [-0.3, -0.25) is 0 Å². The Morgan fingerprint density at radius 3 is 2.43 bits per heavy atom. The van der Waals surface area contributed by atoms with Gasteiger partial charge in [0.25, 0.3) is 0 Å². The molecule has 0 fully saturated rings. The molecule has 0 aromatic carbocycles. The zero-order chi connectivity index (χ0) is 21.3. The number of carbonyl (C=O) groups excluding carboxylic acids is 1.